The Hall–Kier alpha value is -1.00. The van der Waals surface area contributed by atoms with Gasteiger partial charge in [-0.25, -0.2) is 0 Å². The van der Waals surface area contributed by atoms with Gasteiger partial charge in [-0.1, -0.05) is 13.2 Å². The molecule has 0 aromatic carbocycles. The van der Waals surface area contributed by atoms with Gasteiger partial charge in [0, 0.05) is 12.8 Å². The summed E-state index contributed by atoms with van der Waals surface area (Å²) in [4.78, 5) is 0. The van der Waals surface area contributed by atoms with E-state index in [9.17, 15) is 0 Å². The Bertz CT molecular complexity index is 223. The Morgan fingerprint density at radius 2 is 1.36 bits per heavy atom. The highest BCUT2D eigenvalue weighted by molar-refractivity contribution is 4.88. The van der Waals surface area contributed by atoms with Crippen LogP contribution in [0.15, 0.2) is 24.7 Å². The molecule has 0 spiro atoms. The molecule has 4 heteroatoms. The summed E-state index contributed by atoms with van der Waals surface area (Å²) in [5.41, 5.74) is 0. The van der Waals surface area contributed by atoms with Crippen LogP contribution < -0.4 is 0 Å². The van der Waals surface area contributed by atoms with Crippen molar-refractivity contribution < 1.29 is 18.9 Å². The fraction of sp³-hybridized carbons (Fsp3) is 0.600. The second-order valence-corrected chi connectivity index (χ2v) is 3.37. The van der Waals surface area contributed by atoms with Gasteiger partial charge in [-0.15, -0.1) is 0 Å². The van der Waals surface area contributed by atoms with Crippen LogP contribution in [-0.4, -0.2) is 25.8 Å². The lowest BCUT2D eigenvalue weighted by molar-refractivity contribution is -0.0783. The van der Waals surface area contributed by atoms with E-state index in [1.165, 1.54) is 0 Å². The van der Waals surface area contributed by atoms with Crippen LogP contribution in [0.3, 0.4) is 0 Å². The molecule has 0 amide bonds. The number of ether oxygens (including phenoxy) is 4. The molecule has 2 rings (SSSR count). The molecule has 0 N–H and O–H groups in total. The zero-order valence-corrected chi connectivity index (χ0v) is 8.03. The van der Waals surface area contributed by atoms with Gasteiger partial charge in [0.05, 0.1) is 0 Å². The first-order valence-electron chi connectivity index (χ1n) is 4.66. The monoisotopic (exact) mass is 198 g/mol. The summed E-state index contributed by atoms with van der Waals surface area (Å²) in [6.07, 6.45) is 1.11. The molecule has 0 aliphatic carbocycles. The Morgan fingerprint density at radius 1 is 0.929 bits per heavy atom. The van der Waals surface area contributed by atoms with E-state index in [4.69, 9.17) is 18.9 Å². The molecule has 2 atom stereocenters. The Labute approximate surface area is 83.1 Å². The molecular formula is C10H14O4. The minimum absolute atomic E-state index is 0.191. The van der Waals surface area contributed by atoms with Crippen LogP contribution in [0.1, 0.15) is 12.8 Å². The van der Waals surface area contributed by atoms with Crippen molar-refractivity contribution in [2.24, 2.45) is 0 Å². The fourth-order valence-electron chi connectivity index (χ4n) is 1.44. The van der Waals surface area contributed by atoms with Crippen molar-refractivity contribution in [1.29, 1.82) is 0 Å². The molecule has 0 saturated carbocycles. The average molecular weight is 198 g/mol. The highest BCUT2D eigenvalue weighted by atomic mass is 16.7. The van der Waals surface area contributed by atoms with Crippen molar-refractivity contribution in [2.45, 2.75) is 25.4 Å². The third kappa shape index (κ3) is 2.27. The molecule has 2 heterocycles. The van der Waals surface area contributed by atoms with Crippen LogP contribution in [-0.2, 0) is 18.9 Å². The summed E-state index contributed by atoms with van der Waals surface area (Å²) in [6, 6.07) is 0. The van der Waals surface area contributed by atoms with Gasteiger partial charge < -0.3 is 18.9 Å². The SMILES string of the molecule is C=C1COC(CCC2OCC(=C)O2)O1. The maximum atomic E-state index is 5.30. The summed E-state index contributed by atoms with van der Waals surface area (Å²) in [7, 11) is 0. The molecule has 2 unspecified atom stereocenters. The normalized spacial score (nSPS) is 31.7. The van der Waals surface area contributed by atoms with Crippen molar-refractivity contribution >= 4 is 0 Å². The first-order chi connectivity index (χ1) is 6.74. The van der Waals surface area contributed by atoms with Gasteiger partial charge in [0.25, 0.3) is 0 Å². The second-order valence-electron chi connectivity index (χ2n) is 3.37. The maximum absolute atomic E-state index is 5.30. The molecular weight excluding hydrogens is 184 g/mol. The van der Waals surface area contributed by atoms with Crippen molar-refractivity contribution in [2.75, 3.05) is 13.2 Å². The molecule has 0 bridgehead atoms. The van der Waals surface area contributed by atoms with Gasteiger partial charge in [-0.05, 0) is 0 Å². The molecule has 78 valence electrons. The summed E-state index contributed by atoms with van der Waals surface area (Å²) < 4.78 is 21.2. The topological polar surface area (TPSA) is 36.9 Å². The van der Waals surface area contributed by atoms with E-state index >= 15 is 0 Å². The van der Waals surface area contributed by atoms with E-state index in [1.54, 1.807) is 0 Å². The van der Waals surface area contributed by atoms with Gasteiger partial charge in [-0.2, -0.15) is 0 Å². The molecule has 2 fully saturated rings. The number of hydrogen-bond donors (Lipinski definition) is 0. The van der Waals surface area contributed by atoms with Crippen molar-refractivity contribution in [3.05, 3.63) is 24.7 Å². The Kier molecular flexibility index (Phi) is 2.74. The van der Waals surface area contributed by atoms with E-state index in [1.807, 2.05) is 0 Å². The van der Waals surface area contributed by atoms with Gasteiger partial charge in [0.15, 0.2) is 12.6 Å². The lowest BCUT2D eigenvalue weighted by atomic mass is 10.3. The van der Waals surface area contributed by atoms with Crippen LogP contribution in [0.25, 0.3) is 0 Å². The Morgan fingerprint density at radius 3 is 1.64 bits per heavy atom. The van der Waals surface area contributed by atoms with Gasteiger partial charge >= 0.3 is 0 Å². The van der Waals surface area contributed by atoms with E-state index in [0.717, 1.165) is 12.8 Å². The molecule has 0 aromatic rings. The predicted molar refractivity (Wildman–Crippen MR) is 49.2 cm³/mol. The smallest absolute Gasteiger partial charge is 0.200 e. The molecule has 0 radical (unpaired) electrons. The van der Waals surface area contributed by atoms with Gasteiger partial charge in [-0.3, -0.25) is 0 Å². The van der Waals surface area contributed by atoms with Crippen LogP contribution in [0.4, 0.5) is 0 Å². The first kappa shape index (κ1) is 9.55. The predicted octanol–water partition coefficient (Wildman–Crippen LogP) is 1.54. The Balaban J connectivity index is 1.67. The minimum atomic E-state index is -0.191. The molecule has 4 nitrogen and oxygen atoms in total. The summed E-state index contributed by atoms with van der Waals surface area (Å²) in [5, 5.41) is 0. The van der Waals surface area contributed by atoms with Crippen LogP contribution >= 0.6 is 0 Å². The standard InChI is InChI=1S/C10H14O4/c1-7-5-11-9(13-7)3-4-10-12-6-8(2)14-10/h9-10H,1-6H2. The lowest BCUT2D eigenvalue weighted by Crippen LogP contribution is -2.14. The molecule has 2 aliphatic rings. The highest BCUT2D eigenvalue weighted by Gasteiger charge is 2.24. The van der Waals surface area contributed by atoms with Crippen molar-refractivity contribution in [1.82, 2.24) is 0 Å². The molecule has 14 heavy (non-hydrogen) atoms. The highest BCUT2D eigenvalue weighted by Crippen LogP contribution is 2.22. The fourth-order valence-corrected chi connectivity index (χ4v) is 1.44. The summed E-state index contributed by atoms with van der Waals surface area (Å²) in [5.74, 6) is 1.38. The molecule has 0 aromatic heterocycles. The number of hydrogen-bond acceptors (Lipinski definition) is 4. The van der Waals surface area contributed by atoms with Gasteiger partial charge in [0.1, 0.15) is 24.7 Å². The van der Waals surface area contributed by atoms with Crippen molar-refractivity contribution in [3.63, 3.8) is 0 Å². The third-order valence-corrected chi connectivity index (χ3v) is 2.09. The van der Waals surface area contributed by atoms with Gasteiger partial charge in [0.2, 0.25) is 0 Å². The van der Waals surface area contributed by atoms with E-state index < -0.39 is 0 Å². The quantitative estimate of drug-likeness (QED) is 0.689. The zero-order valence-electron chi connectivity index (χ0n) is 8.03. The van der Waals surface area contributed by atoms with E-state index in [2.05, 4.69) is 13.2 Å². The van der Waals surface area contributed by atoms with Crippen LogP contribution in [0.5, 0.6) is 0 Å². The number of rotatable bonds is 3. The third-order valence-electron chi connectivity index (χ3n) is 2.09. The van der Waals surface area contributed by atoms with E-state index in [0.29, 0.717) is 24.7 Å². The molecule has 2 aliphatic heterocycles. The zero-order chi connectivity index (χ0) is 9.97. The molecule has 2 saturated heterocycles. The van der Waals surface area contributed by atoms with Crippen LogP contribution in [0, 0.1) is 0 Å². The maximum Gasteiger partial charge on any atom is 0.200 e. The summed E-state index contributed by atoms with van der Waals surface area (Å²) >= 11 is 0. The van der Waals surface area contributed by atoms with Crippen LogP contribution in [0.2, 0.25) is 0 Å². The largest absolute Gasteiger partial charge is 0.467 e. The second kappa shape index (κ2) is 4.02. The summed E-state index contributed by atoms with van der Waals surface area (Å²) in [6.45, 7) is 8.32. The first-order valence-corrected chi connectivity index (χ1v) is 4.66. The van der Waals surface area contributed by atoms with E-state index in [-0.39, 0.29) is 12.6 Å². The minimum Gasteiger partial charge on any atom is -0.467 e. The lowest BCUT2D eigenvalue weighted by Gasteiger charge is -2.12. The average Bonchev–Trinajstić information content (AvgIpc) is 2.72. The van der Waals surface area contributed by atoms with Crippen molar-refractivity contribution in [3.8, 4) is 0 Å².